The minimum atomic E-state index is -0.380. The number of carbonyl (C=O) groups is 1. The molecule has 0 fully saturated rings. The van der Waals surface area contributed by atoms with E-state index >= 15 is 0 Å². The van der Waals surface area contributed by atoms with Crippen LogP contribution in [0.15, 0.2) is 47.6 Å². The summed E-state index contributed by atoms with van der Waals surface area (Å²) >= 11 is 0. The molecule has 0 radical (unpaired) electrons. The number of fused-ring (bicyclic) bond motifs is 2. The minimum Gasteiger partial charge on any atom is -0.340 e. The molecule has 2 aliphatic carbocycles. The number of nitrogens with one attached hydrogen (secondary N) is 2. The lowest BCUT2D eigenvalue weighted by molar-refractivity contribution is 0.243. The van der Waals surface area contributed by atoms with Crippen LogP contribution in [0.2, 0.25) is 0 Å². The Balaban J connectivity index is 0.000000167. The third-order valence-electron chi connectivity index (χ3n) is 2.18. The van der Waals surface area contributed by atoms with E-state index < -0.39 is 0 Å². The minimum absolute atomic E-state index is 0.380. The Morgan fingerprint density at radius 1 is 1.60 bits per heavy atom. The van der Waals surface area contributed by atoms with Gasteiger partial charge in [0.15, 0.2) is 0 Å². The van der Waals surface area contributed by atoms with Gasteiger partial charge in [-0.15, -0.1) is 0 Å². The van der Waals surface area contributed by atoms with Gasteiger partial charge in [0.2, 0.25) is 0 Å². The highest BCUT2D eigenvalue weighted by Gasteiger charge is 2.14. The molecule has 0 spiro atoms. The average molecular weight is 205 g/mol. The molecule has 2 bridgehead atoms. The lowest BCUT2D eigenvalue weighted by atomic mass is 10.1. The number of rotatable bonds is 1. The van der Waals surface area contributed by atoms with Gasteiger partial charge in [0, 0.05) is 7.05 Å². The summed E-state index contributed by atoms with van der Waals surface area (Å²) in [7, 11) is 1.49. The van der Waals surface area contributed by atoms with Crippen molar-refractivity contribution in [3.63, 3.8) is 0 Å². The van der Waals surface area contributed by atoms with E-state index in [0.29, 0.717) is 0 Å². The van der Waals surface area contributed by atoms with Crippen molar-refractivity contribution in [3.05, 3.63) is 47.6 Å². The number of allylic oxidation sites excluding steroid dienone is 7. The van der Waals surface area contributed by atoms with E-state index in [9.17, 15) is 4.79 Å². The molecule has 2 amide bonds. The molecule has 0 unspecified atom stereocenters. The molecule has 0 heterocycles. The van der Waals surface area contributed by atoms with E-state index in [-0.39, 0.29) is 6.03 Å². The SMILES string of the molecule is C=CC1=C2C=CC(=C1)C2.CNC(=O)NN. The predicted molar refractivity (Wildman–Crippen MR) is 60.8 cm³/mol. The van der Waals surface area contributed by atoms with Gasteiger partial charge in [0.25, 0.3) is 0 Å². The predicted octanol–water partition coefficient (Wildman–Crippen LogP) is 1.16. The first-order valence-electron chi connectivity index (χ1n) is 4.63. The van der Waals surface area contributed by atoms with Crippen LogP contribution in [-0.4, -0.2) is 13.1 Å². The molecule has 4 nitrogen and oxygen atoms in total. The number of hydrazine groups is 1. The van der Waals surface area contributed by atoms with E-state index in [1.165, 1.54) is 23.8 Å². The van der Waals surface area contributed by atoms with Crippen LogP contribution in [0.25, 0.3) is 0 Å². The summed E-state index contributed by atoms with van der Waals surface area (Å²) in [5, 5.41) is 2.24. The fourth-order valence-corrected chi connectivity index (χ4v) is 1.40. The second-order valence-electron chi connectivity index (χ2n) is 3.14. The molecule has 15 heavy (non-hydrogen) atoms. The van der Waals surface area contributed by atoms with Crippen molar-refractivity contribution in [2.75, 3.05) is 7.05 Å². The topological polar surface area (TPSA) is 67.2 Å². The Morgan fingerprint density at radius 3 is 2.53 bits per heavy atom. The van der Waals surface area contributed by atoms with Crippen LogP contribution >= 0.6 is 0 Å². The molecular formula is C11H15N3O. The third kappa shape index (κ3) is 2.82. The van der Waals surface area contributed by atoms with Gasteiger partial charge >= 0.3 is 6.03 Å². The fraction of sp³-hybridized carbons (Fsp3) is 0.182. The molecule has 4 N–H and O–H groups in total. The van der Waals surface area contributed by atoms with Gasteiger partial charge in [-0.1, -0.05) is 30.9 Å². The summed E-state index contributed by atoms with van der Waals surface area (Å²) in [5.74, 6) is 4.62. The first-order chi connectivity index (χ1) is 7.21. The molecule has 2 rings (SSSR count). The van der Waals surface area contributed by atoms with Crippen molar-refractivity contribution in [2.45, 2.75) is 6.42 Å². The Labute approximate surface area is 89.2 Å². The monoisotopic (exact) mass is 205 g/mol. The number of hydrogen-bond acceptors (Lipinski definition) is 2. The van der Waals surface area contributed by atoms with Crippen molar-refractivity contribution in [2.24, 2.45) is 5.84 Å². The van der Waals surface area contributed by atoms with Crippen molar-refractivity contribution >= 4 is 6.03 Å². The van der Waals surface area contributed by atoms with Crippen LogP contribution < -0.4 is 16.6 Å². The molecule has 0 aromatic heterocycles. The summed E-state index contributed by atoms with van der Waals surface area (Å²) in [6.07, 6.45) is 9.60. The second-order valence-corrected chi connectivity index (χ2v) is 3.14. The molecule has 2 aliphatic rings. The lowest BCUT2D eigenvalue weighted by Crippen LogP contribution is -2.37. The molecular weight excluding hydrogens is 190 g/mol. The van der Waals surface area contributed by atoms with Gasteiger partial charge in [-0.3, -0.25) is 5.43 Å². The molecule has 0 atom stereocenters. The zero-order valence-electron chi connectivity index (χ0n) is 8.71. The van der Waals surface area contributed by atoms with E-state index in [2.05, 4.69) is 36.0 Å². The van der Waals surface area contributed by atoms with Gasteiger partial charge in [0.1, 0.15) is 0 Å². The Hall–Kier alpha value is -1.81. The molecule has 80 valence electrons. The van der Waals surface area contributed by atoms with Gasteiger partial charge < -0.3 is 5.32 Å². The van der Waals surface area contributed by atoms with Crippen LogP contribution in [0.1, 0.15) is 6.42 Å². The van der Waals surface area contributed by atoms with E-state index in [1.54, 1.807) is 0 Å². The van der Waals surface area contributed by atoms with Gasteiger partial charge in [-0.05, 0) is 23.1 Å². The fourth-order valence-electron chi connectivity index (χ4n) is 1.40. The first kappa shape index (κ1) is 11.3. The first-order valence-corrected chi connectivity index (χ1v) is 4.63. The molecule has 0 aliphatic heterocycles. The Morgan fingerprint density at radius 2 is 2.33 bits per heavy atom. The summed E-state index contributed by atoms with van der Waals surface area (Å²) in [5.41, 5.74) is 6.04. The van der Waals surface area contributed by atoms with Gasteiger partial charge in [-0.2, -0.15) is 0 Å². The van der Waals surface area contributed by atoms with Crippen LogP contribution in [-0.2, 0) is 0 Å². The van der Waals surface area contributed by atoms with Crippen LogP contribution in [0.4, 0.5) is 4.79 Å². The largest absolute Gasteiger partial charge is 0.340 e. The molecule has 0 saturated carbocycles. The molecule has 0 aromatic carbocycles. The van der Waals surface area contributed by atoms with Crippen molar-refractivity contribution in [3.8, 4) is 0 Å². The summed E-state index contributed by atoms with van der Waals surface area (Å²) in [6, 6.07) is -0.380. The summed E-state index contributed by atoms with van der Waals surface area (Å²) in [6.45, 7) is 3.73. The normalized spacial score (nSPS) is 15.5. The summed E-state index contributed by atoms with van der Waals surface area (Å²) in [4.78, 5) is 9.83. The van der Waals surface area contributed by atoms with Gasteiger partial charge in [-0.25, -0.2) is 10.6 Å². The van der Waals surface area contributed by atoms with Crippen molar-refractivity contribution < 1.29 is 4.79 Å². The van der Waals surface area contributed by atoms with Crippen molar-refractivity contribution in [1.82, 2.24) is 10.7 Å². The number of urea groups is 1. The highest BCUT2D eigenvalue weighted by Crippen LogP contribution is 2.33. The average Bonchev–Trinajstić information content (AvgIpc) is 2.90. The highest BCUT2D eigenvalue weighted by molar-refractivity contribution is 5.72. The van der Waals surface area contributed by atoms with Crippen LogP contribution in [0, 0.1) is 0 Å². The smallest absolute Gasteiger partial charge is 0.328 e. The van der Waals surface area contributed by atoms with Crippen LogP contribution in [0.3, 0.4) is 0 Å². The Bertz CT molecular complexity index is 358. The standard InChI is InChI=1S/C9H8.C2H7N3O/c1-2-8-5-7-3-4-9(8)6-7;1-4-2(6)5-3/h2-5H,1,6H2;3H2,1H3,(H2,4,5,6). The van der Waals surface area contributed by atoms with E-state index in [0.717, 1.165) is 6.42 Å². The zero-order chi connectivity index (χ0) is 11.3. The molecule has 0 aromatic rings. The quantitative estimate of drug-likeness (QED) is 0.341. The van der Waals surface area contributed by atoms with E-state index in [4.69, 9.17) is 0 Å². The number of nitrogens with two attached hydrogens (primary N) is 1. The van der Waals surface area contributed by atoms with Crippen LogP contribution in [0.5, 0.6) is 0 Å². The van der Waals surface area contributed by atoms with Crippen molar-refractivity contribution in [1.29, 1.82) is 0 Å². The number of amides is 2. The molecule has 0 saturated heterocycles. The Kier molecular flexibility index (Phi) is 3.88. The van der Waals surface area contributed by atoms with Gasteiger partial charge in [0.05, 0.1) is 0 Å². The maximum Gasteiger partial charge on any atom is 0.328 e. The number of carbonyl (C=O) groups excluding carboxylic acids is 1. The molecule has 4 heteroatoms. The third-order valence-corrected chi connectivity index (χ3v) is 2.18. The second kappa shape index (κ2) is 5.17. The summed E-state index contributed by atoms with van der Waals surface area (Å²) < 4.78 is 0. The number of hydrogen-bond donors (Lipinski definition) is 3. The lowest BCUT2D eigenvalue weighted by Gasteiger charge is -1.91. The maximum absolute atomic E-state index is 9.83. The highest BCUT2D eigenvalue weighted by atomic mass is 16.2. The van der Waals surface area contributed by atoms with E-state index in [1.807, 2.05) is 11.5 Å². The zero-order valence-corrected chi connectivity index (χ0v) is 8.71. The maximum atomic E-state index is 9.83.